The Morgan fingerprint density at radius 1 is 0.305 bits per heavy atom. The fraction of sp³-hybridized carbons (Fsp3) is 0. The molecule has 59 heavy (non-hydrogen) atoms. The van der Waals surface area contributed by atoms with Gasteiger partial charge in [0, 0.05) is 36.9 Å². The Morgan fingerprint density at radius 3 is 1.54 bits per heavy atom. The zero-order valence-corrected chi connectivity index (χ0v) is 32.6. The van der Waals surface area contributed by atoms with Gasteiger partial charge in [-0.25, -0.2) is 9.97 Å². The van der Waals surface area contributed by atoms with Crippen LogP contribution in [0.4, 0.5) is 0 Å². The molecule has 0 N–H and O–H groups in total. The predicted molar refractivity (Wildman–Crippen MR) is 253 cm³/mol. The average molecular weight is 765 g/mol. The van der Waals surface area contributed by atoms with Crippen LogP contribution in [0, 0.1) is 0 Å². The van der Waals surface area contributed by atoms with Gasteiger partial charge in [0.25, 0.3) is 0 Å². The molecular formula is C56H32N2S. The molecule has 11 aromatic carbocycles. The van der Waals surface area contributed by atoms with Gasteiger partial charge in [0.1, 0.15) is 0 Å². The van der Waals surface area contributed by atoms with Gasteiger partial charge in [-0.2, -0.15) is 0 Å². The third-order valence-electron chi connectivity index (χ3n) is 12.4. The summed E-state index contributed by atoms with van der Waals surface area (Å²) >= 11 is 1.83. The summed E-state index contributed by atoms with van der Waals surface area (Å²) in [6, 6.07) is 70.9. The molecule has 2 aromatic heterocycles. The summed E-state index contributed by atoms with van der Waals surface area (Å²) in [5.74, 6) is 0.708. The Morgan fingerprint density at radius 2 is 0.831 bits per heavy atom. The predicted octanol–water partition coefficient (Wildman–Crippen LogP) is 15.9. The molecule has 0 unspecified atom stereocenters. The van der Waals surface area contributed by atoms with E-state index in [2.05, 4.69) is 194 Å². The summed E-state index contributed by atoms with van der Waals surface area (Å²) in [7, 11) is 0. The maximum absolute atomic E-state index is 5.44. The molecule has 13 aromatic rings. The summed E-state index contributed by atoms with van der Waals surface area (Å²) in [5, 5.41) is 17.7. The number of thiophene rings is 1. The Labute approximate surface area is 343 Å². The second kappa shape index (κ2) is 12.5. The van der Waals surface area contributed by atoms with Crippen molar-refractivity contribution >= 4 is 96.1 Å². The first-order chi connectivity index (χ1) is 29.2. The van der Waals surface area contributed by atoms with E-state index in [1.54, 1.807) is 0 Å². The highest BCUT2D eigenvalue weighted by molar-refractivity contribution is 7.26. The monoisotopic (exact) mass is 764 g/mol. The minimum Gasteiger partial charge on any atom is -0.228 e. The van der Waals surface area contributed by atoms with E-state index in [9.17, 15) is 0 Å². The van der Waals surface area contributed by atoms with Crippen LogP contribution in [0.2, 0.25) is 0 Å². The van der Waals surface area contributed by atoms with E-state index >= 15 is 0 Å². The van der Waals surface area contributed by atoms with E-state index < -0.39 is 0 Å². The van der Waals surface area contributed by atoms with E-state index in [4.69, 9.17) is 9.97 Å². The number of rotatable bonds is 4. The molecule has 0 amide bonds. The summed E-state index contributed by atoms with van der Waals surface area (Å²) < 4.78 is 2.52. The van der Waals surface area contributed by atoms with Crippen LogP contribution in [-0.2, 0) is 0 Å². The van der Waals surface area contributed by atoms with Crippen molar-refractivity contribution in [3.63, 3.8) is 0 Å². The van der Waals surface area contributed by atoms with Gasteiger partial charge in [-0.3, -0.25) is 0 Å². The van der Waals surface area contributed by atoms with Crippen molar-refractivity contribution < 1.29 is 0 Å². The molecule has 0 aliphatic rings. The summed E-state index contributed by atoms with van der Waals surface area (Å²) in [6.45, 7) is 0. The molecule has 0 saturated heterocycles. The molecule has 13 rings (SSSR count). The van der Waals surface area contributed by atoms with Gasteiger partial charge in [0.15, 0.2) is 5.82 Å². The minimum absolute atomic E-state index is 0.708. The lowest BCUT2D eigenvalue weighted by Gasteiger charge is -2.17. The third-order valence-corrected chi connectivity index (χ3v) is 13.6. The standard InChI is InChI=1S/C56H32N2S/c1-2-10-33(11-3-1)34-22-27-38(28-23-34)56-57-48(32-49(58-56)46-20-9-19-45-41-15-4-5-21-50(41)59-55(45)46)40-30-39-29-26-37-13-7-17-43-42-16-6-12-35-24-25-36-14-8-18-44(53(36)51(35)42)47(31-40)54(39)52(37)43/h1-32H. The summed E-state index contributed by atoms with van der Waals surface area (Å²) in [6.07, 6.45) is 0. The lowest BCUT2D eigenvalue weighted by Crippen LogP contribution is -1.97. The van der Waals surface area contributed by atoms with Gasteiger partial charge in [-0.05, 0) is 100 Å². The molecule has 2 nitrogen and oxygen atoms in total. The van der Waals surface area contributed by atoms with Gasteiger partial charge < -0.3 is 0 Å². The van der Waals surface area contributed by atoms with Crippen LogP contribution in [0.1, 0.15) is 0 Å². The van der Waals surface area contributed by atoms with E-state index in [0.29, 0.717) is 5.82 Å². The van der Waals surface area contributed by atoms with Crippen LogP contribution >= 0.6 is 11.3 Å². The first-order valence-electron chi connectivity index (χ1n) is 20.1. The van der Waals surface area contributed by atoms with Crippen LogP contribution in [0.3, 0.4) is 0 Å². The lowest BCUT2D eigenvalue weighted by atomic mass is 9.87. The Bertz CT molecular complexity index is 3820. The molecule has 0 aliphatic carbocycles. The zero-order chi connectivity index (χ0) is 38.6. The van der Waals surface area contributed by atoms with Gasteiger partial charge in [-0.15, -0.1) is 11.3 Å². The second-order valence-corrected chi connectivity index (χ2v) is 16.7. The first-order valence-corrected chi connectivity index (χ1v) is 21.0. The van der Waals surface area contributed by atoms with Gasteiger partial charge in [0.05, 0.1) is 11.4 Å². The van der Waals surface area contributed by atoms with Crippen LogP contribution in [0.25, 0.3) is 130 Å². The number of hydrogen-bond acceptors (Lipinski definition) is 3. The molecule has 0 fully saturated rings. The molecule has 0 radical (unpaired) electrons. The highest BCUT2D eigenvalue weighted by Gasteiger charge is 2.19. The van der Waals surface area contributed by atoms with Gasteiger partial charge >= 0.3 is 0 Å². The lowest BCUT2D eigenvalue weighted by molar-refractivity contribution is 1.19. The highest BCUT2D eigenvalue weighted by atomic mass is 32.1. The zero-order valence-electron chi connectivity index (χ0n) is 31.8. The van der Waals surface area contributed by atoms with Gasteiger partial charge in [0.2, 0.25) is 0 Å². The molecule has 2 heterocycles. The second-order valence-electron chi connectivity index (χ2n) is 15.6. The van der Waals surface area contributed by atoms with E-state index in [1.165, 1.54) is 95.9 Å². The largest absolute Gasteiger partial charge is 0.228 e. The van der Waals surface area contributed by atoms with Gasteiger partial charge in [-0.1, -0.05) is 170 Å². The normalized spacial score (nSPS) is 12.1. The molecular weight excluding hydrogens is 733 g/mol. The fourth-order valence-corrected chi connectivity index (χ4v) is 10.9. The first kappa shape index (κ1) is 32.6. The third kappa shape index (κ3) is 4.92. The van der Waals surface area contributed by atoms with Crippen LogP contribution < -0.4 is 0 Å². The SMILES string of the molecule is c1ccc(-c2ccc(-c3nc(-c4cc5ccc6cccc7c8cccc9ccc%10cccc(c(c4)c5c67)c%10c98)cc(-c4cccc5c4sc4ccccc45)n3)cc2)cc1. The van der Waals surface area contributed by atoms with Crippen molar-refractivity contribution in [2.75, 3.05) is 0 Å². The van der Waals surface area contributed by atoms with E-state index in [-0.39, 0.29) is 0 Å². The molecule has 0 spiro atoms. The van der Waals surface area contributed by atoms with Crippen LogP contribution in [0.5, 0.6) is 0 Å². The van der Waals surface area contributed by atoms with Crippen molar-refractivity contribution in [3.8, 4) is 45.0 Å². The molecule has 272 valence electrons. The maximum Gasteiger partial charge on any atom is 0.160 e. The van der Waals surface area contributed by atoms with Crippen molar-refractivity contribution in [2.24, 2.45) is 0 Å². The summed E-state index contributed by atoms with van der Waals surface area (Å²) in [4.78, 5) is 10.8. The number of hydrogen-bond donors (Lipinski definition) is 0. The minimum atomic E-state index is 0.708. The quantitative estimate of drug-likeness (QED) is 0.167. The average Bonchev–Trinajstić information content (AvgIpc) is 3.69. The molecule has 0 saturated carbocycles. The van der Waals surface area contributed by atoms with Crippen LogP contribution in [-0.4, -0.2) is 9.97 Å². The topological polar surface area (TPSA) is 25.8 Å². The number of aromatic nitrogens is 2. The number of fused-ring (bicyclic) bond motifs is 5. The van der Waals surface area contributed by atoms with Crippen molar-refractivity contribution in [1.29, 1.82) is 0 Å². The van der Waals surface area contributed by atoms with E-state index in [1.807, 2.05) is 11.3 Å². The number of nitrogens with zero attached hydrogens (tertiary/aromatic N) is 2. The fourth-order valence-electron chi connectivity index (χ4n) is 9.69. The molecule has 0 atom stereocenters. The highest BCUT2D eigenvalue weighted by Crippen LogP contribution is 2.45. The Kier molecular flexibility index (Phi) is 6.92. The smallest absolute Gasteiger partial charge is 0.160 e. The summed E-state index contributed by atoms with van der Waals surface area (Å²) in [5.41, 5.74) is 7.33. The Balaban J connectivity index is 1.13. The number of benzene rings is 10. The van der Waals surface area contributed by atoms with Crippen molar-refractivity contribution in [2.45, 2.75) is 0 Å². The molecule has 0 bridgehead atoms. The maximum atomic E-state index is 5.44. The van der Waals surface area contributed by atoms with E-state index in [0.717, 1.165) is 28.1 Å². The van der Waals surface area contributed by atoms with Crippen molar-refractivity contribution in [3.05, 3.63) is 194 Å². The Hall–Kier alpha value is -7.46. The van der Waals surface area contributed by atoms with Crippen molar-refractivity contribution in [1.82, 2.24) is 9.97 Å². The van der Waals surface area contributed by atoms with Crippen LogP contribution in [0.15, 0.2) is 194 Å². The molecule has 0 aliphatic heterocycles. The molecule has 3 heteroatoms.